The number of amides is 3. The normalized spacial score (nSPS) is 17.2. The Morgan fingerprint density at radius 3 is 2.60 bits per heavy atom. The Kier molecular flexibility index (Phi) is 4.01. The van der Waals surface area contributed by atoms with Gasteiger partial charge < -0.3 is 4.90 Å². The van der Waals surface area contributed by atoms with Crippen LogP contribution in [0.1, 0.15) is 32.4 Å². The van der Waals surface area contributed by atoms with Gasteiger partial charge in [-0.2, -0.15) is 0 Å². The van der Waals surface area contributed by atoms with E-state index in [9.17, 15) is 14.0 Å². The molecule has 0 aromatic carbocycles. The molecule has 0 spiro atoms. The SMILES string of the molecule is CC(CN1C(=O)CN(C(C)C)C1=O)c1ncccc1F. The second-order valence-electron chi connectivity index (χ2n) is 5.28. The molecule has 1 fully saturated rings. The average molecular weight is 279 g/mol. The van der Waals surface area contributed by atoms with Crippen LogP contribution in [0.4, 0.5) is 9.18 Å². The second-order valence-corrected chi connectivity index (χ2v) is 5.28. The van der Waals surface area contributed by atoms with Gasteiger partial charge >= 0.3 is 6.03 Å². The van der Waals surface area contributed by atoms with Crippen molar-refractivity contribution < 1.29 is 14.0 Å². The number of rotatable bonds is 4. The van der Waals surface area contributed by atoms with Gasteiger partial charge in [-0.05, 0) is 26.0 Å². The molecule has 0 saturated carbocycles. The Bertz CT molecular complexity index is 533. The molecule has 1 unspecified atom stereocenters. The van der Waals surface area contributed by atoms with Crippen LogP contribution in [-0.4, -0.2) is 45.9 Å². The minimum Gasteiger partial charge on any atom is -0.313 e. The third-order valence-electron chi connectivity index (χ3n) is 3.42. The number of urea groups is 1. The summed E-state index contributed by atoms with van der Waals surface area (Å²) in [6.07, 6.45) is 1.50. The number of halogens is 1. The molecule has 1 atom stereocenters. The highest BCUT2D eigenvalue weighted by Crippen LogP contribution is 2.21. The van der Waals surface area contributed by atoms with Gasteiger partial charge in [-0.1, -0.05) is 6.92 Å². The molecule has 0 radical (unpaired) electrons. The van der Waals surface area contributed by atoms with Gasteiger partial charge in [-0.15, -0.1) is 0 Å². The first-order chi connectivity index (χ1) is 9.41. The van der Waals surface area contributed by atoms with E-state index in [0.717, 1.165) is 0 Å². The molecule has 1 aromatic heterocycles. The number of hydrogen-bond donors (Lipinski definition) is 0. The van der Waals surface area contributed by atoms with Gasteiger partial charge in [0.2, 0.25) is 5.91 Å². The molecule has 108 valence electrons. The molecule has 3 amide bonds. The van der Waals surface area contributed by atoms with Gasteiger partial charge in [0, 0.05) is 24.7 Å². The van der Waals surface area contributed by atoms with Crippen molar-refractivity contribution in [3.8, 4) is 0 Å². The second kappa shape index (κ2) is 5.56. The van der Waals surface area contributed by atoms with E-state index >= 15 is 0 Å². The lowest BCUT2D eigenvalue weighted by Crippen LogP contribution is -2.38. The minimum atomic E-state index is -0.417. The van der Waals surface area contributed by atoms with Gasteiger partial charge in [0.15, 0.2) is 0 Å². The fourth-order valence-corrected chi connectivity index (χ4v) is 2.26. The van der Waals surface area contributed by atoms with Crippen LogP contribution >= 0.6 is 0 Å². The Morgan fingerprint density at radius 2 is 2.05 bits per heavy atom. The van der Waals surface area contributed by atoms with Gasteiger partial charge in [0.1, 0.15) is 12.4 Å². The van der Waals surface area contributed by atoms with E-state index in [1.54, 1.807) is 6.92 Å². The highest BCUT2D eigenvalue weighted by Gasteiger charge is 2.38. The Labute approximate surface area is 117 Å². The Hall–Kier alpha value is -1.98. The van der Waals surface area contributed by atoms with Crippen LogP contribution in [0.2, 0.25) is 0 Å². The number of pyridine rings is 1. The summed E-state index contributed by atoms with van der Waals surface area (Å²) < 4.78 is 13.7. The topological polar surface area (TPSA) is 53.5 Å². The number of nitrogens with zero attached hydrogens (tertiary/aromatic N) is 3. The molecular formula is C14H18FN3O2. The maximum absolute atomic E-state index is 13.7. The first-order valence-electron chi connectivity index (χ1n) is 6.63. The third kappa shape index (κ3) is 2.64. The highest BCUT2D eigenvalue weighted by atomic mass is 19.1. The maximum atomic E-state index is 13.7. The van der Waals surface area contributed by atoms with Crippen LogP contribution in [0.25, 0.3) is 0 Å². The molecule has 20 heavy (non-hydrogen) atoms. The predicted molar refractivity (Wildman–Crippen MR) is 71.6 cm³/mol. The minimum absolute atomic E-state index is 0.0293. The third-order valence-corrected chi connectivity index (χ3v) is 3.42. The molecule has 2 heterocycles. The fraction of sp³-hybridized carbons (Fsp3) is 0.500. The van der Waals surface area contributed by atoms with Crippen LogP contribution in [-0.2, 0) is 4.79 Å². The summed E-state index contributed by atoms with van der Waals surface area (Å²) >= 11 is 0. The molecule has 1 aliphatic rings. The monoisotopic (exact) mass is 279 g/mol. The number of carbonyl (C=O) groups is 2. The lowest BCUT2D eigenvalue weighted by Gasteiger charge is -2.22. The molecule has 0 N–H and O–H groups in total. The van der Waals surface area contributed by atoms with Crippen molar-refractivity contribution in [2.45, 2.75) is 32.7 Å². The van der Waals surface area contributed by atoms with E-state index < -0.39 is 5.82 Å². The molecule has 6 heteroatoms. The van der Waals surface area contributed by atoms with Gasteiger partial charge in [0.25, 0.3) is 0 Å². The predicted octanol–water partition coefficient (Wildman–Crippen LogP) is 2.00. The van der Waals surface area contributed by atoms with Crippen LogP contribution in [0.3, 0.4) is 0 Å². The number of hydrogen-bond acceptors (Lipinski definition) is 3. The van der Waals surface area contributed by atoms with E-state index in [1.165, 1.54) is 28.1 Å². The zero-order valence-electron chi connectivity index (χ0n) is 11.8. The van der Waals surface area contributed by atoms with Crippen LogP contribution in [0, 0.1) is 5.82 Å². The van der Waals surface area contributed by atoms with Gasteiger partial charge in [-0.25, -0.2) is 9.18 Å². The Balaban J connectivity index is 2.12. The largest absolute Gasteiger partial charge is 0.327 e. The van der Waals surface area contributed by atoms with Crippen molar-refractivity contribution in [1.82, 2.24) is 14.8 Å². The number of carbonyl (C=O) groups excluding carboxylic acids is 2. The summed E-state index contributed by atoms with van der Waals surface area (Å²) in [6, 6.07) is 2.50. The summed E-state index contributed by atoms with van der Waals surface area (Å²) in [7, 11) is 0. The molecule has 1 saturated heterocycles. The van der Waals surface area contributed by atoms with Gasteiger partial charge in [-0.3, -0.25) is 14.7 Å². The van der Waals surface area contributed by atoms with E-state index in [2.05, 4.69) is 4.98 Å². The molecule has 0 aliphatic carbocycles. The van der Waals surface area contributed by atoms with Crippen LogP contribution < -0.4 is 0 Å². The lowest BCUT2D eigenvalue weighted by atomic mass is 10.1. The van der Waals surface area contributed by atoms with Crippen LogP contribution in [0.5, 0.6) is 0 Å². The quantitative estimate of drug-likeness (QED) is 0.792. The summed E-state index contributed by atoms with van der Waals surface area (Å²) in [6.45, 7) is 5.71. The number of aromatic nitrogens is 1. The molecule has 0 bridgehead atoms. The fourth-order valence-electron chi connectivity index (χ4n) is 2.26. The van der Waals surface area contributed by atoms with E-state index in [-0.39, 0.29) is 42.7 Å². The molecule has 1 aliphatic heterocycles. The average Bonchev–Trinajstić information content (AvgIpc) is 2.67. The van der Waals surface area contributed by atoms with Crippen LogP contribution in [0.15, 0.2) is 18.3 Å². The van der Waals surface area contributed by atoms with Gasteiger partial charge in [0.05, 0.1) is 5.69 Å². The maximum Gasteiger partial charge on any atom is 0.327 e. The molecule has 1 aromatic rings. The summed E-state index contributed by atoms with van der Waals surface area (Å²) in [5.74, 6) is -0.997. The van der Waals surface area contributed by atoms with Crippen molar-refractivity contribution in [3.05, 3.63) is 29.8 Å². The Morgan fingerprint density at radius 1 is 1.35 bits per heavy atom. The summed E-state index contributed by atoms with van der Waals surface area (Å²) in [5.41, 5.74) is 0.274. The van der Waals surface area contributed by atoms with Crippen molar-refractivity contribution in [1.29, 1.82) is 0 Å². The standard InChI is InChI=1S/C14H18FN3O2/c1-9(2)17-8-12(19)18(14(17)20)7-10(3)13-11(15)5-4-6-16-13/h4-6,9-10H,7-8H2,1-3H3. The lowest BCUT2D eigenvalue weighted by molar-refractivity contribution is -0.125. The van der Waals surface area contributed by atoms with Crippen molar-refractivity contribution in [2.24, 2.45) is 0 Å². The van der Waals surface area contributed by atoms with Crippen molar-refractivity contribution in [3.63, 3.8) is 0 Å². The van der Waals surface area contributed by atoms with Crippen molar-refractivity contribution >= 4 is 11.9 Å². The molecule has 2 rings (SSSR count). The van der Waals surface area contributed by atoms with E-state index in [4.69, 9.17) is 0 Å². The highest BCUT2D eigenvalue weighted by molar-refractivity contribution is 6.02. The first kappa shape index (κ1) is 14.4. The van der Waals surface area contributed by atoms with Crippen molar-refractivity contribution in [2.75, 3.05) is 13.1 Å². The summed E-state index contributed by atoms with van der Waals surface area (Å²) in [4.78, 5) is 30.7. The number of imide groups is 1. The molecular weight excluding hydrogens is 261 g/mol. The zero-order valence-corrected chi connectivity index (χ0v) is 11.8. The summed E-state index contributed by atoms with van der Waals surface area (Å²) in [5, 5.41) is 0. The molecule has 5 nitrogen and oxygen atoms in total. The smallest absolute Gasteiger partial charge is 0.313 e. The van der Waals surface area contributed by atoms with E-state index in [1.807, 2.05) is 13.8 Å². The first-order valence-corrected chi connectivity index (χ1v) is 6.63. The van der Waals surface area contributed by atoms with E-state index in [0.29, 0.717) is 0 Å². The zero-order chi connectivity index (χ0) is 14.9.